The maximum absolute atomic E-state index is 12.2. The lowest BCUT2D eigenvalue weighted by Gasteiger charge is -2.35. The lowest BCUT2D eigenvalue weighted by molar-refractivity contribution is -0.133. The standard InChI is InChI=1S/C17H25NO3S/c1-14-10-15(2)12-18(11-14)17(19)8-9-22(20,21)13-16-6-4-3-5-7-16/h3-7,14-15H,8-13H2,1-2H3/t14-,15-/m1/s1. The minimum Gasteiger partial charge on any atom is -0.342 e. The van der Waals surface area contributed by atoms with Crippen LogP contribution in [0.15, 0.2) is 30.3 Å². The molecule has 0 spiro atoms. The van der Waals surface area contributed by atoms with Crippen LogP contribution in [-0.2, 0) is 20.4 Å². The monoisotopic (exact) mass is 323 g/mol. The average molecular weight is 323 g/mol. The third-order valence-corrected chi connectivity index (χ3v) is 5.68. The Morgan fingerprint density at radius 3 is 2.32 bits per heavy atom. The lowest BCUT2D eigenvalue weighted by Crippen LogP contribution is -2.43. The maximum atomic E-state index is 12.2. The van der Waals surface area contributed by atoms with E-state index in [4.69, 9.17) is 0 Å². The van der Waals surface area contributed by atoms with Crippen LogP contribution in [0.4, 0.5) is 0 Å². The van der Waals surface area contributed by atoms with Crippen LogP contribution in [0.5, 0.6) is 0 Å². The van der Waals surface area contributed by atoms with E-state index < -0.39 is 9.84 Å². The molecule has 1 heterocycles. The molecule has 0 unspecified atom stereocenters. The number of amides is 1. The number of hydrogen-bond acceptors (Lipinski definition) is 3. The second-order valence-corrected chi connectivity index (χ2v) is 8.76. The fraction of sp³-hybridized carbons (Fsp3) is 0.588. The zero-order valence-corrected chi connectivity index (χ0v) is 14.2. The van der Waals surface area contributed by atoms with Crippen molar-refractivity contribution in [2.75, 3.05) is 18.8 Å². The van der Waals surface area contributed by atoms with Gasteiger partial charge in [-0.25, -0.2) is 8.42 Å². The summed E-state index contributed by atoms with van der Waals surface area (Å²) in [5.74, 6) is 0.894. The zero-order valence-electron chi connectivity index (χ0n) is 13.4. The van der Waals surface area contributed by atoms with E-state index in [1.165, 1.54) is 0 Å². The number of benzene rings is 1. The molecule has 0 radical (unpaired) electrons. The molecule has 1 aliphatic heterocycles. The Morgan fingerprint density at radius 1 is 1.14 bits per heavy atom. The smallest absolute Gasteiger partial charge is 0.223 e. The third kappa shape index (κ3) is 5.13. The Morgan fingerprint density at radius 2 is 1.73 bits per heavy atom. The fourth-order valence-electron chi connectivity index (χ4n) is 3.17. The number of sulfone groups is 1. The fourth-order valence-corrected chi connectivity index (χ4v) is 4.50. The van der Waals surface area contributed by atoms with Crippen LogP contribution in [0, 0.1) is 11.8 Å². The van der Waals surface area contributed by atoms with Gasteiger partial charge in [-0.3, -0.25) is 4.79 Å². The van der Waals surface area contributed by atoms with Crippen molar-refractivity contribution in [3.05, 3.63) is 35.9 Å². The molecule has 1 aromatic rings. The van der Waals surface area contributed by atoms with Crippen molar-refractivity contribution in [3.63, 3.8) is 0 Å². The summed E-state index contributed by atoms with van der Waals surface area (Å²) < 4.78 is 24.3. The van der Waals surface area contributed by atoms with Gasteiger partial charge in [0.05, 0.1) is 11.5 Å². The zero-order chi connectivity index (χ0) is 16.2. The second kappa shape index (κ2) is 7.27. The minimum absolute atomic E-state index is 0.00786. The molecule has 1 saturated heterocycles. The molecule has 0 N–H and O–H groups in total. The second-order valence-electron chi connectivity index (χ2n) is 6.57. The quantitative estimate of drug-likeness (QED) is 0.836. The maximum Gasteiger partial charge on any atom is 0.223 e. The molecule has 0 saturated carbocycles. The lowest BCUT2D eigenvalue weighted by atomic mass is 9.92. The first-order valence-electron chi connectivity index (χ1n) is 7.88. The first-order chi connectivity index (χ1) is 10.4. The number of carbonyl (C=O) groups is 1. The van der Waals surface area contributed by atoms with Gasteiger partial charge < -0.3 is 4.90 Å². The van der Waals surface area contributed by atoms with E-state index >= 15 is 0 Å². The SMILES string of the molecule is C[C@@H]1C[C@@H](C)CN(C(=O)CCS(=O)(=O)Cc2ccccc2)C1. The van der Waals surface area contributed by atoms with Crippen molar-refractivity contribution in [2.24, 2.45) is 11.8 Å². The van der Waals surface area contributed by atoms with E-state index in [-0.39, 0.29) is 23.8 Å². The molecule has 122 valence electrons. The van der Waals surface area contributed by atoms with Gasteiger partial charge in [-0.05, 0) is 23.8 Å². The Hall–Kier alpha value is -1.36. The minimum atomic E-state index is -3.24. The highest BCUT2D eigenvalue weighted by molar-refractivity contribution is 7.90. The number of piperidine rings is 1. The van der Waals surface area contributed by atoms with Crippen molar-refractivity contribution >= 4 is 15.7 Å². The van der Waals surface area contributed by atoms with E-state index in [1.807, 2.05) is 23.1 Å². The van der Waals surface area contributed by atoms with Gasteiger partial charge in [-0.1, -0.05) is 44.2 Å². The molecule has 1 aliphatic rings. The van der Waals surface area contributed by atoms with Gasteiger partial charge in [-0.15, -0.1) is 0 Å². The Balaban J connectivity index is 1.87. The van der Waals surface area contributed by atoms with Crippen LogP contribution in [0.25, 0.3) is 0 Å². The normalized spacial score (nSPS) is 22.5. The van der Waals surface area contributed by atoms with Gasteiger partial charge in [0.1, 0.15) is 0 Å². The number of rotatable bonds is 5. The highest BCUT2D eigenvalue weighted by Crippen LogP contribution is 2.21. The van der Waals surface area contributed by atoms with Crippen molar-refractivity contribution in [3.8, 4) is 0 Å². The first kappa shape index (κ1) is 17.0. The van der Waals surface area contributed by atoms with E-state index in [0.717, 1.165) is 25.1 Å². The van der Waals surface area contributed by atoms with Gasteiger partial charge in [-0.2, -0.15) is 0 Å². The summed E-state index contributed by atoms with van der Waals surface area (Å²) in [5, 5.41) is 0. The van der Waals surface area contributed by atoms with Gasteiger partial charge >= 0.3 is 0 Å². The number of carbonyl (C=O) groups excluding carboxylic acids is 1. The summed E-state index contributed by atoms with van der Waals surface area (Å²) >= 11 is 0. The van der Waals surface area contributed by atoms with Crippen molar-refractivity contribution < 1.29 is 13.2 Å². The summed E-state index contributed by atoms with van der Waals surface area (Å²) in [6, 6.07) is 9.11. The molecule has 1 amide bonds. The summed E-state index contributed by atoms with van der Waals surface area (Å²) in [7, 11) is -3.24. The van der Waals surface area contributed by atoms with Crippen LogP contribution < -0.4 is 0 Å². The van der Waals surface area contributed by atoms with Crippen molar-refractivity contribution in [1.82, 2.24) is 4.90 Å². The number of hydrogen-bond donors (Lipinski definition) is 0. The van der Waals surface area contributed by atoms with E-state index in [2.05, 4.69) is 13.8 Å². The van der Waals surface area contributed by atoms with Gasteiger partial charge in [0.15, 0.2) is 9.84 Å². The topological polar surface area (TPSA) is 54.5 Å². The summed E-state index contributed by atoms with van der Waals surface area (Å²) in [5.41, 5.74) is 0.773. The molecular formula is C17H25NO3S. The van der Waals surface area contributed by atoms with Crippen LogP contribution in [0.3, 0.4) is 0 Å². The summed E-state index contributed by atoms with van der Waals surface area (Å²) in [6.07, 6.45) is 1.23. The largest absolute Gasteiger partial charge is 0.342 e. The van der Waals surface area contributed by atoms with Gasteiger partial charge in [0, 0.05) is 19.5 Å². The molecule has 5 heteroatoms. The van der Waals surface area contributed by atoms with Crippen molar-refractivity contribution in [2.45, 2.75) is 32.4 Å². The van der Waals surface area contributed by atoms with Crippen molar-refractivity contribution in [1.29, 1.82) is 0 Å². The molecule has 2 rings (SSSR count). The summed E-state index contributed by atoms with van der Waals surface area (Å²) in [6.45, 7) is 5.79. The molecular weight excluding hydrogens is 298 g/mol. The molecule has 1 aromatic carbocycles. The molecule has 1 fully saturated rings. The number of nitrogens with zero attached hydrogens (tertiary/aromatic N) is 1. The molecule has 0 aliphatic carbocycles. The predicted molar refractivity (Wildman–Crippen MR) is 88.1 cm³/mol. The molecule has 4 nitrogen and oxygen atoms in total. The molecule has 0 bridgehead atoms. The van der Waals surface area contributed by atoms with Crippen LogP contribution in [0.2, 0.25) is 0 Å². The van der Waals surface area contributed by atoms with Gasteiger partial charge in [0.25, 0.3) is 0 Å². The molecule has 0 aromatic heterocycles. The molecule has 2 atom stereocenters. The highest BCUT2D eigenvalue weighted by Gasteiger charge is 2.26. The van der Waals surface area contributed by atoms with E-state index in [9.17, 15) is 13.2 Å². The third-order valence-electron chi connectivity index (χ3n) is 4.08. The Bertz CT molecular complexity index is 588. The van der Waals surface area contributed by atoms with Crippen LogP contribution in [0.1, 0.15) is 32.3 Å². The van der Waals surface area contributed by atoms with Gasteiger partial charge in [0.2, 0.25) is 5.91 Å². The van der Waals surface area contributed by atoms with Crippen LogP contribution in [-0.4, -0.2) is 38.1 Å². The van der Waals surface area contributed by atoms with E-state index in [0.29, 0.717) is 11.8 Å². The van der Waals surface area contributed by atoms with E-state index in [1.54, 1.807) is 12.1 Å². The Labute approximate surface area is 133 Å². The average Bonchev–Trinajstić information content (AvgIpc) is 2.44. The summed E-state index contributed by atoms with van der Waals surface area (Å²) in [4.78, 5) is 14.1. The Kier molecular flexibility index (Phi) is 5.62. The number of likely N-dealkylation sites (tertiary alicyclic amines) is 1. The predicted octanol–water partition coefficient (Wildman–Crippen LogP) is 2.50. The highest BCUT2D eigenvalue weighted by atomic mass is 32.2. The molecule has 22 heavy (non-hydrogen) atoms. The van der Waals surface area contributed by atoms with Crippen LogP contribution >= 0.6 is 0 Å². The first-order valence-corrected chi connectivity index (χ1v) is 9.70.